The summed E-state index contributed by atoms with van der Waals surface area (Å²) < 4.78 is 5.25. The first kappa shape index (κ1) is 17.0. The number of para-hydroxylation sites is 1. The van der Waals surface area contributed by atoms with Gasteiger partial charge in [-0.2, -0.15) is 0 Å². The second-order valence-corrected chi connectivity index (χ2v) is 5.07. The van der Waals surface area contributed by atoms with E-state index in [0.717, 1.165) is 11.3 Å². The third kappa shape index (κ3) is 6.79. The molecule has 0 heterocycles. The number of aliphatic carboxylic acids is 1. The molecule has 0 aliphatic rings. The molecule has 0 bridgehead atoms. The number of carbonyl (C=O) groups is 2. The van der Waals surface area contributed by atoms with Crippen LogP contribution in [0.3, 0.4) is 0 Å². The van der Waals surface area contributed by atoms with Crippen LogP contribution < -0.4 is 10.1 Å². The first-order chi connectivity index (χ1) is 10.0. The van der Waals surface area contributed by atoms with Crippen LogP contribution >= 0.6 is 0 Å². The average molecular weight is 293 g/mol. The van der Waals surface area contributed by atoms with E-state index in [-0.39, 0.29) is 18.4 Å². The van der Waals surface area contributed by atoms with Crippen LogP contribution in [0.5, 0.6) is 5.75 Å². The van der Waals surface area contributed by atoms with Gasteiger partial charge in [-0.15, -0.1) is 0 Å². The van der Waals surface area contributed by atoms with E-state index in [2.05, 4.69) is 5.32 Å². The Morgan fingerprint density at radius 2 is 2.00 bits per heavy atom. The Balaban J connectivity index is 2.32. The summed E-state index contributed by atoms with van der Waals surface area (Å²) in [5.41, 5.74) is 1.01. The number of carbonyl (C=O) groups excluding carboxylic acids is 1. The number of hydrogen-bond donors (Lipinski definition) is 2. The lowest BCUT2D eigenvalue weighted by atomic mass is 10.1. The molecule has 1 amide bonds. The van der Waals surface area contributed by atoms with Crippen molar-refractivity contribution in [3.05, 3.63) is 29.8 Å². The van der Waals surface area contributed by atoms with Gasteiger partial charge in [-0.25, -0.2) is 0 Å². The summed E-state index contributed by atoms with van der Waals surface area (Å²) >= 11 is 0. The quantitative estimate of drug-likeness (QED) is 0.733. The number of amides is 1. The Labute approximate surface area is 125 Å². The molecule has 1 aromatic carbocycles. The Bertz CT molecular complexity index is 473. The highest BCUT2D eigenvalue weighted by molar-refractivity contribution is 5.76. The van der Waals surface area contributed by atoms with Gasteiger partial charge in [0, 0.05) is 18.9 Å². The number of carboxylic acid groups (broad SMARTS) is 1. The first-order valence-corrected chi connectivity index (χ1v) is 7.16. The lowest BCUT2D eigenvalue weighted by Gasteiger charge is -2.14. The molecular weight excluding hydrogens is 270 g/mol. The van der Waals surface area contributed by atoms with Gasteiger partial charge >= 0.3 is 5.97 Å². The Morgan fingerprint density at radius 1 is 1.29 bits per heavy atom. The van der Waals surface area contributed by atoms with Crippen LogP contribution in [0.25, 0.3) is 0 Å². The summed E-state index contributed by atoms with van der Waals surface area (Å²) in [7, 11) is 1.61. The van der Waals surface area contributed by atoms with E-state index >= 15 is 0 Å². The third-order valence-corrected chi connectivity index (χ3v) is 3.25. The highest BCUT2D eigenvalue weighted by Gasteiger charge is 2.10. The van der Waals surface area contributed by atoms with Gasteiger partial charge in [0.2, 0.25) is 5.91 Å². The van der Waals surface area contributed by atoms with E-state index in [9.17, 15) is 9.59 Å². The number of carboxylic acids is 1. The van der Waals surface area contributed by atoms with Crippen LogP contribution in [-0.4, -0.2) is 30.1 Å². The molecule has 2 N–H and O–H groups in total. The molecule has 1 unspecified atom stereocenters. The lowest BCUT2D eigenvalue weighted by molar-refractivity contribution is -0.137. The molecule has 0 aliphatic carbocycles. The first-order valence-electron chi connectivity index (χ1n) is 7.16. The number of ether oxygens (including phenoxy) is 1. The standard InChI is InChI=1S/C16H23NO4/c1-12(6-5-9-16(19)20)17-15(18)11-10-13-7-3-4-8-14(13)21-2/h3-4,7-8,12H,5-6,9-11H2,1-2H3,(H,17,18)(H,19,20). The normalized spacial score (nSPS) is 11.7. The van der Waals surface area contributed by atoms with Crippen LogP contribution in [-0.2, 0) is 16.0 Å². The van der Waals surface area contributed by atoms with Gasteiger partial charge in [0.25, 0.3) is 0 Å². The highest BCUT2D eigenvalue weighted by atomic mass is 16.5. The van der Waals surface area contributed by atoms with Crippen molar-refractivity contribution in [2.24, 2.45) is 0 Å². The molecule has 5 heteroatoms. The molecule has 0 aliphatic heterocycles. The highest BCUT2D eigenvalue weighted by Crippen LogP contribution is 2.18. The summed E-state index contributed by atoms with van der Waals surface area (Å²) in [6.07, 6.45) is 2.40. The minimum Gasteiger partial charge on any atom is -0.496 e. The fourth-order valence-electron chi connectivity index (χ4n) is 2.14. The fourth-order valence-corrected chi connectivity index (χ4v) is 2.14. The zero-order chi connectivity index (χ0) is 15.7. The zero-order valence-corrected chi connectivity index (χ0v) is 12.6. The summed E-state index contributed by atoms with van der Waals surface area (Å²) in [6.45, 7) is 1.89. The molecule has 21 heavy (non-hydrogen) atoms. The molecule has 1 rings (SSSR count). The van der Waals surface area contributed by atoms with E-state index in [1.54, 1.807) is 7.11 Å². The van der Waals surface area contributed by atoms with Crippen molar-refractivity contribution in [1.29, 1.82) is 0 Å². The maximum absolute atomic E-state index is 11.9. The topological polar surface area (TPSA) is 75.6 Å². The number of nitrogens with one attached hydrogen (secondary N) is 1. The number of methoxy groups -OCH3 is 1. The molecule has 0 spiro atoms. The maximum atomic E-state index is 11.9. The van der Waals surface area contributed by atoms with Crippen LogP contribution in [0.2, 0.25) is 0 Å². The molecule has 0 saturated carbocycles. The van der Waals surface area contributed by atoms with Crippen molar-refractivity contribution in [3.63, 3.8) is 0 Å². The SMILES string of the molecule is COc1ccccc1CCC(=O)NC(C)CCCC(=O)O. The number of hydrogen-bond acceptors (Lipinski definition) is 3. The summed E-state index contributed by atoms with van der Waals surface area (Å²) in [5, 5.41) is 11.5. The van der Waals surface area contributed by atoms with Crippen molar-refractivity contribution >= 4 is 11.9 Å². The molecule has 0 fully saturated rings. The Kier molecular flexibility index (Phi) is 7.29. The summed E-state index contributed by atoms with van der Waals surface area (Å²) in [5.74, 6) is -0.0340. The number of benzene rings is 1. The van der Waals surface area contributed by atoms with Crippen LogP contribution in [0.15, 0.2) is 24.3 Å². The van der Waals surface area contributed by atoms with Gasteiger partial charge in [0.15, 0.2) is 0 Å². The van der Waals surface area contributed by atoms with E-state index < -0.39 is 5.97 Å². The Hall–Kier alpha value is -2.04. The van der Waals surface area contributed by atoms with Gasteiger partial charge < -0.3 is 15.2 Å². The average Bonchev–Trinajstić information content (AvgIpc) is 2.45. The molecule has 0 radical (unpaired) electrons. The number of rotatable bonds is 9. The predicted octanol–water partition coefficient (Wildman–Crippen LogP) is 2.39. The molecule has 1 atom stereocenters. The van der Waals surface area contributed by atoms with Gasteiger partial charge in [0.05, 0.1) is 7.11 Å². The second kappa shape index (κ2) is 9.00. The maximum Gasteiger partial charge on any atom is 0.303 e. The smallest absolute Gasteiger partial charge is 0.303 e. The van der Waals surface area contributed by atoms with Gasteiger partial charge in [0.1, 0.15) is 5.75 Å². The Morgan fingerprint density at radius 3 is 2.67 bits per heavy atom. The van der Waals surface area contributed by atoms with E-state index in [0.29, 0.717) is 25.7 Å². The molecule has 116 valence electrons. The van der Waals surface area contributed by atoms with Crippen molar-refractivity contribution in [1.82, 2.24) is 5.32 Å². The van der Waals surface area contributed by atoms with Crippen LogP contribution in [0.1, 0.15) is 38.2 Å². The molecule has 0 saturated heterocycles. The van der Waals surface area contributed by atoms with Gasteiger partial charge in [-0.3, -0.25) is 9.59 Å². The second-order valence-electron chi connectivity index (χ2n) is 5.07. The minimum absolute atomic E-state index is 0.00508. The largest absolute Gasteiger partial charge is 0.496 e. The van der Waals surface area contributed by atoms with E-state index in [1.807, 2.05) is 31.2 Å². The van der Waals surface area contributed by atoms with E-state index in [4.69, 9.17) is 9.84 Å². The van der Waals surface area contributed by atoms with Gasteiger partial charge in [-0.05, 0) is 37.8 Å². The van der Waals surface area contributed by atoms with Crippen molar-refractivity contribution in [2.75, 3.05) is 7.11 Å². The monoisotopic (exact) mass is 293 g/mol. The summed E-state index contributed by atoms with van der Waals surface area (Å²) in [6, 6.07) is 7.64. The van der Waals surface area contributed by atoms with Crippen LogP contribution in [0.4, 0.5) is 0 Å². The molecule has 0 aromatic heterocycles. The lowest BCUT2D eigenvalue weighted by Crippen LogP contribution is -2.32. The predicted molar refractivity (Wildman–Crippen MR) is 80.4 cm³/mol. The fraction of sp³-hybridized carbons (Fsp3) is 0.500. The van der Waals surface area contributed by atoms with Crippen molar-refractivity contribution < 1.29 is 19.4 Å². The van der Waals surface area contributed by atoms with Crippen molar-refractivity contribution in [2.45, 2.75) is 45.1 Å². The third-order valence-electron chi connectivity index (χ3n) is 3.25. The minimum atomic E-state index is -0.801. The molecule has 1 aromatic rings. The molecule has 5 nitrogen and oxygen atoms in total. The van der Waals surface area contributed by atoms with E-state index in [1.165, 1.54) is 0 Å². The van der Waals surface area contributed by atoms with Gasteiger partial charge in [-0.1, -0.05) is 18.2 Å². The zero-order valence-electron chi connectivity index (χ0n) is 12.6. The van der Waals surface area contributed by atoms with Crippen molar-refractivity contribution in [3.8, 4) is 5.75 Å². The summed E-state index contributed by atoms with van der Waals surface area (Å²) in [4.78, 5) is 22.3. The number of aryl methyl sites for hydroxylation is 1. The molecular formula is C16H23NO4. The van der Waals surface area contributed by atoms with Crippen LogP contribution in [0, 0.1) is 0 Å².